The van der Waals surface area contributed by atoms with Gasteiger partial charge in [-0.05, 0) is 36.2 Å². The monoisotopic (exact) mass is 296 g/mol. The van der Waals surface area contributed by atoms with Crippen molar-refractivity contribution in [2.75, 3.05) is 0 Å². The highest BCUT2D eigenvalue weighted by molar-refractivity contribution is 5.95. The quantitative estimate of drug-likeness (QED) is 0.503. The summed E-state index contributed by atoms with van der Waals surface area (Å²) in [7, 11) is 0. The Morgan fingerprint density at radius 3 is 2.00 bits per heavy atom. The highest BCUT2D eigenvalue weighted by Gasteiger charge is 2.10. The van der Waals surface area contributed by atoms with E-state index in [0.717, 1.165) is 28.0 Å². The molecule has 4 aromatic rings. The van der Waals surface area contributed by atoms with E-state index in [4.69, 9.17) is 4.98 Å². The number of benzene rings is 2. The molecule has 4 rings (SSSR count). The molecule has 2 heteroatoms. The second-order valence-corrected chi connectivity index (χ2v) is 5.61. The molecule has 2 heterocycles. The van der Waals surface area contributed by atoms with E-state index in [1.54, 1.807) is 0 Å². The topological polar surface area (TPSA) is 25.8 Å². The predicted octanol–water partition coefficient (Wildman–Crippen LogP) is 5.27. The van der Waals surface area contributed by atoms with Crippen molar-refractivity contribution in [2.24, 2.45) is 0 Å². The Labute approximate surface area is 135 Å². The van der Waals surface area contributed by atoms with Crippen LogP contribution in [0.3, 0.4) is 0 Å². The van der Waals surface area contributed by atoms with Gasteiger partial charge in [0.1, 0.15) is 0 Å². The van der Waals surface area contributed by atoms with E-state index in [0.29, 0.717) is 0 Å². The van der Waals surface area contributed by atoms with Gasteiger partial charge in [0, 0.05) is 16.6 Å². The molecule has 110 valence electrons. The average Bonchev–Trinajstić information content (AvgIpc) is 2.62. The van der Waals surface area contributed by atoms with E-state index in [-0.39, 0.29) is 0 Å². The SMILES string of the molecule is Cc1ccc2c(-c3ccccc3)cc(-c3ccccc3)nc2n1. The Balaban J connectivity index is 2.03. The first kappa shape index (κ1) is 13.6. The maximum absolute atomic E-state index is 4.78. The molecular formula is C21H16N2. The zero-order chi connectivity index (χ0) is 15.6. The van der Waals surface area contributed by atoms with Crippen molar-refractivity contribution in [2.45, 2.75) is 6.92 Å². The number of fused-ring (bicyclic) bond motifs is 1. The van der Waals surface area contributed by atoms with Crippen LogP contribution in [0, 0.1) is 6.92 Å². The maximum Gasteiger partial charge on any atom is 0.160 e. The highest BCUT2D eigenvalue weighted by Crippen LogP contribution is 2.31. The number of hydrogen-bond acceptors (Lipinski definition) is 2. The standard InChI is InChI=1S/C21H16N2/c1-15-12-13-18-19(16-8-4-2-5-9-16)14-20(23-21(18)22-15)17-10-6-3-7-11-17/h2-14H,1H3. The molecule has 0 unspecified atom stereocenters. The number of aryl methyl sites for hydroxylation is 1. The Bertz CT molecular complexity index is 961. The number of rotatable bonds is 2. The summed E-state index contributed by atoms with van der Waals surface area (Å²) < 4.78 is 0. The van der Waals surface area contributed by atoms with Gasteiger partial charge in [0.25, 0.3) is 0 Å². The second-order valence-electron chi connectivity index (χ2n) is 5.61. The lowest BCUT2D eigenvalue weighted by atomic mass is 9.99. The maximum atomic E-state index is 4.78. The van der Waals surface area contributed by atoms with Gasteiger partial charge < -0.3 is 0 Å². The van der Waals surface area contributed by atoms with Gasteiger partial charge in [0.15, 0.2) is 5.65 Å². The zero-order valence-corrected chi connectivity index (χ0v) is 12.9. The first-order valence-electron chi connectivity index (χ1n) is 7.70. The molecule has 0 N–H and O–H groups in total. The first-order valence-corrected chi connectivity index (χ1v) is 7.70. The van der Waals surface area contributed by atoms with Crippen LogP contribution in [0.5, 0.6) is 0 Å². The van der Waals surface area contributed by atoms with E-state index in [2.05, 4.69) is 53.5 Å². The fourth-order valence-corrected chi connectivity index (χ4v) is 2.81. The normalized spacial score (nSPS) is 10.8. The van der Waals surface area contributed by atoms with E-state index in [9.17, 15) is 0 Å². The number of nitrogens with zero attached hydrogens (tertiary/aromatic N) is 2. The third kappa shape index (κ3) is 2.59. The molecule has 2 aromatic heterocycles. The van der Waals surface area contributed by atoms with Crippen molar-refractivity contribution in [3.05, 3.63) is 84.6 Å². The molecule has 0 amide bonds. The Morgan fingerprint density at radius 2 is 1.30 bits per heavy atom. The van der Waals surface area contributed by atoms with Gasteiger partial charge in [0.05, 0.1) is 5.69 Å². The van der Waals surface area contributed by atoms with Crippen LogP contribution >= 0.6 is 0 Å². The van der Waals surface area contributed by atoms with Crippen LogP contribution in [0.15, 0.2) is 78.9 Å². The van der Waals surface area contributed by atoms with Gasteiger partial charge in [-0.2, -0.15) is 0 Å². The molecule has 0 aliphatic carbocycles. The molecule has 2 aromatic carbocycles. The minimum absolute atomic E-state index is 0.796. The van der Waals surface area contributed by atoms with Gasteiger partial charge in [-0.1, -0.05) is 60.7 Å². The van der Waals surface area contributed by atoms with Crippen molar-refractivity contribution < 1.29 is 0 Å². The lowest BCUT2D eigenvalue weighted by Crippen LogP contribution is -1.93. The van der Waals surface area contributed by atoms with Crippen LogP contribution in [-0.2, 0) is 0 Å². The minimum atomic E-state index is 0.796. The van der Waals surface area contributed by atoms with E-state index in [1.807, 2.05) is 37.3 Å². The Morgan fingerprint density at radius 1 is 0.652 bits per heavy atom. The lowest BCUT2D eigenvalue weighted by molar-refractivity contribution is 1.20. The van der Waals surface area contributed by atoms with Crippen molar-refractivity contribution in [1.82, 2.24) is 9.97 Å². The van der Waals surface area contributed by atoms with Gasteiger partial charge in [-0.3, -0.25) is 0 Å². The fourth-order valence-electron chi connectivity index (χ4n) is 2.81. The molecular weight excluding hydrogens is 280 g/mol. The van der Waals surface area contributed by atoms with Crippen molar-refractivity contribution >= 4 is 11.0 Å². The average molecular weight is 296 g/mol. The fraction of sp³-hybridized carbons (Fsp3) is 0.0476. The van der Waals surface area contributed by atoms with Crippen molar-refractivity contribution in [1.29, 1.82) is 0 Å². The molecule has 0 bridgehead atoms. The summed E-state index contributed by atoms with van der Waals surface area (Å²) in [6.45, 7) is 2.00. The Kier molecular flexibility index (Phi) is 3.35. The van der Waals surface area contributed by atoms with E-state index < -0.39 is 0 Å². The zero-order valence-electron chi connectivity index (χ0n) is 12.9. The molecule has 0 radical (unpaired) electrons. The summed E-state index contributed by atoms with van der Waals surface area (Å²) >= 11 is 0. The van der Waals surface area contributed by atoms with Crippen LogP contribution in [0.4, 0.5) is 0 Å². The summed E-state index contributed by atoms with van der Waals surface area (Å²) in [5.74, 6) is 0. The van der Waals surface area contributed by atoms with Gasteiger partial charge in [0.2, 0.25) is 0 Å². The van der Waals surface area contributed by atoms with Crippen LogP contribution in [0.1, 0.15) is 5.69 Å². The number of pyridine rings is 2. The third-order valence-corrected chi connectivity index (χ3v) is 3.97. The van der Waals surface area contributed by atoms with Gasteiger partial charge in [-0.25, -0.2) is 9.97 Å². The smallest absolute Gasteiger partial charge is 0.160 e. The van der Waals surface area contributed by atoms with Crippen LogP contribution in [-0.4, -0.2) is 9.97 Å². The van der Waals surface area contributed by atoms with E-state index in [1.165, 1.54) is 11.1 Å². The summed E-state index contributed by atoms with van der Waals surface area (Å²) in [6.07, 6.45) is 0. The third-order valence-electron chi connectivity index (χ3n) is 3.97. The first-order chi connectivity index (χ1) is 11.3. The van der Waals surface area contributed by atoms with E-state index >= 15 is 0 Å². The second kappa shape index (κ2) is 5.65. The molecule has 0 fully saturated rings. The van der Waals surface area contributed by atoms with Crippen LogP contribution < -0.4 is 0 Å². The van der Waals surface area contributed by atoms with Gasteiger partial charge in [-0.15, -0.1) is 0 Å². The largest absolute Gasteiger partial charge is 0.233 e. The van der Waals surface area contributed by atoms with Crippen LogP contribution in [0.25, 0.3) is 33.4 Å². The number of aromatic nitrogens is 2. The summed E-state index contributed by atoms with van der Waals surface area (Å²) in [4.78, 5) is 9.42. The molecule has 0 atom stereocenters. The summed E-state index contributed by atoms with van der Waals surface area (Å²) in [5, 5.41) is 1.08. The molecule has 23 heavy (non-hydrogen) atoms. The molecule has 0 aliphatic rings. The lowest BCUT2D eigenvalue weighted by Gasteiger charge is -2.10. The number of hydrogen-bond donors (Lipinski definition) is 0. The molecule has 0 aliphatic heterocycles. The summed E-state index contributed by atoms with van der Waals surface area (Å²) in [6, 6.07) is 27.0. The Hall–Kier alpha value is -3.00. The summed E-state index contributed by atoms with van der Waals surface area (Å²) in [5.41, 5.74) is 6.19. The molecule has 2 nitrogen and oxygen atoms in total. The highest BCUT2D eigenvalue weighted by atomic mass is 14.9. The van der Waals surface area contributed by atoms with Crippen LogP contribution in [0.2, 0.25) is 0 Å². The van der Waals surface area contributed by atoms with Crippen molar-refractivity contribution in [3.8, 4) is 22.4 Å². The van der Waals surface area contributed by atoms with Crippen molar-refractivity contribution in [3.63, 3.8) is 0 Å². The molecule has 0 saturated carbocycles. The minimum Gasteiger partial charge on any atom is -0.233 e. The van der Waals surface area contributed by atoms with Gasteiger partial charge >= 0.3 is 0 Å². The molecule has 0 saturated heterocycles. The molecule has 0 spiro atoms. The predicted molar refractivity (Wildman–Crippen MR) is 95.1 cm³/mol.